The Labute approximate surface area is 143 Å². The molecule has 0 N–H and O–H groups in total. The highest BCUT2D eigenvalue weighted by Crippen LogP contribution is 2.66. The molecule has 0 aromatic rings. The summed E-state index contributed by atoms with van der Waals surface area (Å²) in [5.74, 6) is 4.59. The smallest absolute Gasteiger partial charge is 0.158 e. The third kappa shape index (κ3) is 2.06. The van der Waals surface area contributed by atoms with Crippen LogP contribution in [0.15, 0.2) is 12.2 Å². The summed E-state index contributed by atoms with van der Waals surface area (Å²) >= 11 is 0. The van der Waals surface area contributed by atoms with Crippen LogP contribution in [0.5, 0.6) is 0 Å². The van der Waals surface area contributed by atoms with Crippen LogP contribution in [0.4, 0.5) is 0 Å². The molecule has 2 saturated heterocycles. The first kappa shape index (κ1) is 14.7. The van der Waals surface area contributed by atoms with Crippen molar-refractivity contribution in [2.75, 3.05) is 13.2 Å². The number of hydrogen-bond donors (Lipinski definition) is 0. The zero-order valence-corrected chi connectivity index (χ0v) is 14.2. The van der Waals surface area contributed by atoms with Crippen LogP contribution in [0.2, 0.25) is 0 Å². The molecule has 4 heteroatoms. The van der Waals surface area contributed by atoms with Gasteiger partial charge in [-0.25, -0.2) is 0 Å². The standard InChI is InChI=1S/C20H28O4/c1-3-15(21-7-1)23-19-13-10-14(20(19)24-16-4-2-8-22-16)18-12-6-5-11(9-12)17(13)18/h5-6,11-20H,1-4,7-10H2. The highest BCUT2D eigenvalue weighted by molar-refractivity contribution is 5.23. The Morgan fingerprint density at radius 2 is 1.25 bits per heavy atom. The average Bonchev–Trinajstić information content (AvgIpc) is 3.41. The molecule has 2 heterocycles. The summed E-state index contributed by atoms with van der Waals surface area (Å²) in [7, 11) is 0. The van der Waals surface area contributed by atoms with Crippen LogP contribution in [0.1, 0.15) is 38.5 Å². The third-order valence-electron chi connectivity index (χ3n) is 7.68. The van der Waals surface area contributed by atoms with E-state index in [1.807, 2.05) is 0 Å². The van der Waals surface area contributed by atoms with E-state index < -0.39 is 0 Å². The fourth-order valence-electron chi connectivity index (χ4n) is 6.94. The molecule has 3 saturated carbocycles. The Hall–Kier alpha value is -0.420. The molecular formula is C20H28O4. The fraction of sp³-hybridized carbons (Fsp3) is 0.900. The van der Waals surface area contributed by atoms with Crippen molar-refractivity contribution < 1.29 is 18.9 Å². The summed E-state index contributed by atoms with van der Waals surface area (Å²) in [5, 5.41) is 0. The Bertz CT molecular complexity index is 478. The summed E-state index contributed by atoms with van der Waals surface area (Å²) in [6.07, 6.45) is 12.4. The minimum atomic E-state index is -0.00229. The van der Waals surface area contributed by atoms with Gasteiger partial charge in [0, 0.05) is 26.1 Å². The second kappa shape index (κ2) is 5.54. The van der Waals surface area contributed by atoms with Gasteiger partial charge in [-0.15, -0.1) is 0 Å². The van der Waals surface area contributed by atoms with Gasteiger partial charge in [0.15, 0.2) is 12.6 Å². The summed E-state index contributed by atoms with van der Waals surface area (Å²) in [6.45, 7) is 1.70. The highest BCUT2D eigenvalue weighted by atomic mass is 16.7. The first-order chi connectivity index (χ1) is 11.9. The molecule has 4 aliphatic carbocycles. The summed E-state index contributed by atoms with van der Waals surface area (Å²) in [6, 6.07) is 0. The van der Waals surface area contributed by atoms with E-state index in [0.29, 0.717) is 11.8 Å². The third-order valence-corrected chi connectivity index (χ3v) is 7.68. The Balaban J connectivity index is 1.26. The molecule has 6 rings (SSSR count). The monoisotopic (exact) mass is 332 g/mol. The topological polar surface area (TPSA) is 36.9 Å². The van der Waals surface area contributed by atoms with E-state index in [2.05, 4.69) is 12.2 Å². The van der Waals surface area contributed by atoms with Gasteiger partial charge in [-0.3, -0.25) is 0 Å². The number of fused-ring (bicyclic) bond motifs is 9. The maximum Gasteiger partial charge on any atom is 0.158 e. The fourth-order valence-corrected chi connectivity index (χ4v) is 6.94. The van der Waals surface area contributed by atoms with Gasteiger partial charge in [0.1, 0.15) is 0 Å². The van der Waals surface area contributed by atoms with Crippen LogP contribution in [-0.2, 0) is 18.9 Å². The lowest BCUT2D eigenvalue weighted by Crippen LogP contribution is -2.48. The first-order valence-corrected chi connectivity index (χ1v) is 10.1. The van der Waals surface area contributed by atoms with E-state index in [1.54, 1.807) is 0 Å². The summed E-state index contributed by atoms with van der Waals surface area (Å²) in [5.41, 5.74) is 0. The van der Waals surface area contributed by atoms with Gasteiger partial charge >= 0.3 is 0 Å². The van der Waals surface area contributed by atoms with Crippen LogP contribution in [0.25, 0.3) is 0 Å². The van der Waals surface area contributed by atoms with E-state index in [-0.39, 0.29) is 24.8 Å². The van der Waals surface area contributed by atoms with Gasteiger partial charge < -0.3 is 18.9 Å². The van der Waals surface area contributed by atoms with Crippen LogP contribution in [0.3, 0.4) is 0 Å². The van der Waals surface area contributed by atoms with Gasteiger partial charge in [-0.2, -0.15) is 0 Å². The van der Waals surface area contributed by atoms with Crippen LogP contribution >= 0.6 is 0 Å². The van der Waals surface area contributed by atoms with Gasteiger partial charge in [-0.05, 0) is 61.2 Å². The minimum absolute atomic E-state index is 0.00229. The molecule has 5 fully saturated rings. The zero-order chi connectivity index (χ0) is 15.7. The largest absolute Gasteiger partial charge is 0.353 e. The maximum atomic E-state index is 6.52. The molecule has 4 nitrogen and oxygen atoms in total. The van der Waals surface area contributed by atoms with E-state index in [1.165, 1.54) is 12.8 Å². The predicted molar refractivity (Wildman–Crippen MR) is 87.0 cm³/mol. The van der Waals surface area contributed by atoms with Gasteiger partial charge in [-0.1, -0.05) is 12.2 Å². The predicted octanol–water partition coefficient (Wildman–Crippen LogP) is 3.12. The van der Waals surface area contributed by atoms with Crippen molar-refractivity contribution in [2.45, 2.75) is 63.3 Å². The van der Waals surface area contributed by atoms with Crippen molar-refractivity contribution in [2.24, 2.45) is 35.5 Å². The molecular weight excluding hydrogens is 304 g/mol. The second-order valence-corrected chi connectivity index (χ2v) is 8.75. The Morgan fingerprint density at radius 3 is 1.71 bits per heavy atom. The summed E-state index contributed by atoms with van der Waals surface area (Å²) < 4.78 is 24.6. The lowest BCUT2D eigenvalue weighted by molar-refractivity contribution is -0.238. The average molecular weight is 332 g/mol. The number of hydrogen-bond acceptors (Lipinski definition) is 4. The van der Waals surface area contributed by atoms with Crippen LogP contribution < -0.4 is 0 Å². The molecule has 132 valence electrons. The van der Waals surface area contributed by atoms with Crippen molar-refractivity contribution >= 4 is 0 Å². The Kier molecular flexibility index (Phi) is 3.40. The van der Waals surface area contributed by atoms with Crippen molar-refractivity contribution in [3.05, 3.63) is 12.2 Å². The molecule has 4 bridgehead atoms. The molecule has 0 amide bonds. The van der Waals surface area contributed by atoms with Crippen LogP contribution in [-0.4, -0.2) is 38.0 Å². The molecule has 10 unspecified atom stereocenters. The lowest BCUT2D eigenvalue weighted by atomic mass is 9.71. The lowest BCUT2D eigenvalue weighted by Gasteiger charge is -2.42. The van der Waals surface area contributed by atoms with Gasteiger partial charge in [0.05, 0.1) is 12.2 Å². The molecule has 2 aliphatic heterocycles. The molecule has 0 radical (unpaired) electrons. The van der Waals surface area contributed by atoms with E-state index in [0.717, 1.165) is 62.6 Å². The molecule has 6 aliphatic rings. The Morgan fingerprint density at radius 1 is 0.708 bits per heavy atom. The van der Waals surface area contributed by atoms with E-state index in [4.69, 9.17) is 18.9 Å². The zero-order valence-electron chi connectivity index (χ0n) is 14.2. The van der Waals surface area contributed by atoms with Crippen molar-refractivity contribution in [3.8, 4) is 0 Å². The quantitative estimate of drug-likeness (QED) is 0.585. The molecule has 10 atom stereocenters. The molecule has 24 heavy (non-hydrogen) atoms. The first-order valence-electron chi connectivity index (χ1n) is 10.1. The maximum absolute atomic E-state index is 6.52. The van der Waals surface area contributed by atoms with Gasteiger partial charge in [0.2, 0.25) is 0 Å². The normalized spacial score (nSPS) is 57.3. The second-order valence-electron chi connectivity index (χ2n) is 8.75. The molecule has 0 aromatic heterocycles. The van der Waals surface area contributed by atoms with Crippen molar-refractivity contribution in [3.63, 3.8) is 0 Å². The molecule has 0 aromatic carbocycles. The van der Waals surface area contributed by atoms with Crippen molar-refractivity contribution in [1.82, 2.24) is 0 Å². The van der Waals surface area contributed by atoms with Crippen molar-refractivity contribution in [1.29, 1.82) is 0 Å². The minimum Gasteiger partial charge on any atom is -0.353 e. The highest BCUT2D eigenvalue weighted by Gasteiger charge is 2.66. The van der Waals surface area contributed by atoms with E-state index >= 15 is 0 Å². The summed E-state index contributed by atoms with van der Waals surface area (Å²) in [4.78, 5) is 0. The van der Waals surface area contributed by atoms with E-state index in [9.17, 15) is 0 Å². The number of rotatable bonds is 4. The SMILES string of the molecule is C1=CC2CC1C1C3CC(C(OC4CCCO4)C3OC3CCCO3)C21. The molecule has 0 spiro atoms. The van der Waals surface area contributed by atoms with Gasteiger partial charge in [0.25, 0.3) is 0 Å². The number of ether oxygens (including phenoxy) is 4. The number of allylic oxidation sites excluding steroid dienone is 2. The van der Waals surface area contributed by atoms with Crippen LogP contribution in [0, 0.1) is 35.5 Å².